The van der Waals surface area contributed by atoms with Gasteiger partial charge >= 0.3 is 0 Å². The minimum atomic E-state index is -0.0145. The lowest BCUT2D eigenvalue weighted by Gasteiger charge is -1.94. The van der Waals surface area contributed by atoms with Gasteiger partial charge in [0.25, 0.3) is 0 Å². The van der Waals surface area contributed by atoms with Gasteiger partial charge < -0.3 is 9.40 Å². The van der Waals surface area contributed by atoms with Crippen molar-refractivity contribution < 1.29 is 9.21 Å². The first-order chi connectivity index (χ1) is 8.25. The van der Waals surface area contributed by atoms with E-state index in [2.05, 4.69) is 4.98 Å². The maximum absolute atomic E-state index is 12.3. The molecule has 2 aromatic heterocycles. The predicted octanol–water partition coefficient (Wildman–Crippen LogP) is 3.30. The molecule has 2 heterocycles. The Morgan fingerprint density at radius 2 is 2.12 bits per heavy atom. The highest BCUT2D eigenvalue weighted by Gasteiger charge is 2.15. The van der Waals surface area contributed by atoms with Gasteiger partial charge in [0.05, 0.1) is 5.56 Å². The van der Waals surface area contributed by atoms with Crippen LogP contribution in [-0.2, 0) is 0 Å². The van der Waals surface area contributed by atoms with Crippen LogP contribution in [-0.4, -0.2) is 10.8 Å². The van der Waals surface area contributed by atoms with E-state index in [1.54, 1.807) is 12.3 Å². The molecule has 1 N–H and O–H groups in total. The van der Waals surface area contributed by atoms with Gasteiger partial charge in [-0.1, -0.05) is 18.2 Å². The fourth-order valence-electron chi connectivity index (χ4n) is 1.98. The van der Waals surface area contributed by atoms with Crippen LogP contribution in [0.5, 0.6) is 0 Å². The molecule has 0 saturated carbocycles. The first-order valence-corrected chi connectivity index (χ1v) is 5.41. The lowest BCUT2D eigenvalue weighted by Crippen LogP contribution is -1.97. The predicted molar refractivity (Wildman–Crippen MR) is 65.2 cm³/mol. The molecule has 3 rings (SSSR count). The highest BCUT2D eigenvalue weighted by atomic mass is 16.3. The van der Waals surface area contributed by atoms with Gasteiger partial charge in [-0.15, -0.1) is 0 Å². The zero-order chi connectivity index (χ0) is 11.8. The fraction of sp³-hybridized carbons (Fsp3) is 0.0714. The molecule has 0 atom stereocenters. The summed E-state index contributed by atoms with van der Waals surface area (Å²) in [4.78, 5) is 15.3. The molecule has 0 spiro atoms. The number of hydrogen-bond donors (Lipinski definition) is 1. The molecular formula is C14H11NO2. The maximum atomic E-state index is 12.3. The van der Waals surface area contributed by atoms with Crippen molar-refractivity contribution in [2.24, 2.45) is 0 Å². The van der Waals surface area contributed by atoms with Crippen LogP contribution in [0.25, 0.3) is 10.9 Å². The third kappa shape index (κ3) is 1.56. The highest BCUT2D eigenvalue weighted by molar-refractivity contribution is 6.16. The minimum absolute atomic E-state index is 0.0145. The first kappa shape index (κ1) is 9.90. The number of hydrogen-bond acceptors (Lipinski definition) is 2. The number of nitrogens with one attached hydrogen (secondary N) is 1. The van der Waals surface area contributed by atoms with Gasteiger partial charge in [-0.05, 0) is 19.1 Å². The van der Waals surface area contributed by atoms with Crippen molar-refractivity contribution in [3.63, 3.8) is 0 Å². The summed E-state index contributed by atoms with van der Waals surface area (Å²) < 4.78 is 5.16. The molecule has 3 nitrogen and oxygen atoms in total. The molecule has 0 saturated heterocycles. The van der Waals surface area contributed by atoms with E-state index >= 15 is 0 Å². The Hall–Kier alpha value is -2.29. The summed E-state index contributed by atoms with van der Waals surface area (Å²) in [7, 11) is 0. The molecule has 0 aliphatic rings. The molecule has 0 aliphatic carbocycles. The number of carbonyl (C=O) groups is 1. The molecule has 3 heteroatoms. The second-order valence-corrected chi connectivity index (χ2v) is 4.02. The third-order valence-electron chi connectivity index (χ3n) is 2.83. The van der Waals surface area contributed by atoms with Crippen molar-refractivity contribution in [2.45, 2.75) is 6.92 Å². The van der Waals surface area contributed by atoms with Gasteiger partial charge in [0, 0.05) is 22.7 Å². The monoisotopic (exact) mass is 225 g/mol. The standard InChI is InChI=1S/C14H11NO2/c1-9-6-10(8-17-9)14(16)12-7-15-13-5-3-2-4-11(12)13/h2-8,15H,1H3. The number of H-pyrrole nitrogens is 1. The SMILES string of the molecule is Cc1cc(C(=O)c2c[nH]c3ccccc23)co1. The van der Waals surface area contributed by atoms with Crippen LogP contribution >= 0.6 is 0 Å². The van der Waals surface area contributed by atoms with Crippen LogP contribution in [0, 0.1) is 6.92 Å². The number of para-hydroxylation sites is 1. The number of aromatic nitrogens is 1. The Labute approximate surface area is 98.1 Å². The van der Waals surface area contributed by atoms with Crippen LogP contribution < -0.4 is 0 Å². The number of aryl methyl sites for hydroxylation is 1. The van der Waals surface area contributed by atoms with E-state index in [9.17, 15) is 4.79 Å². The van der Waals surface area contributed by atoms with Crippen LogP contribution in [0.2, 0.25) is 0 Å². The minimum Gasteiger partial charge on any atom is -0.469 e. The van der Waals surface area contributed by atoms with Crippen LogP contribution in [0.3, 0.4) is 0 Å². The van der Waals surface area contributed by atoms with Crippen molar-refractivity contribution in [3.05, 3.63) is 59.7 Å². The average molecular weight is 225 g/mol. The number of aromatic amines is 1. The molecule has 17 heavy (non-hydrogen) atoms. The van der Waals surface area contributed by atoms with Crippen molar-refractivity contribution in [3.8, 4) is 0 Å². The van der Waals surface area contributed by atoms with Crippen LogP contribution in [0.1, 0.15) is 21.7 Å². The number of ketones is 1. The smallest absolute Gasteiger partial charge is 0.198 e. The van der Waals surface area contributed by atoms with Gasteiger partial charge in [-0.2, -0.15) is 0 Å². The number of fused-ring (bicyclic) bond motifs is 1. The Bertz CT molecular complexity index is 691. The zero-order valence-corrected chi connectivity index (χ0v) is 9.36. The zero-order valence-electron chi connectivity index (χ0n) is 9.36. The summed E-state index contributed by atoms with van der Waals surface area (Å²) in [6.07, 6.45) is 3.24. The molecule has 3 aromatic rings. The lowest BCUT2D eigenvalue weighted by atomic mass is 10.1. The normalized spacial score (nSPS) is 10.9. The van der Waals surface area contributed by atoms with E-state index in [0.29, 0.717) is 11.1 Å². The number of benzene rings is 1. The Morgan fingerprint density at radius 3 is 2.88 bits per heavy atom. The maximum Gasteiger partial charge on any atom is 0.198 e. The third-order valence-corrected chi connectivity index (χ3v) is 2.83. The number of furan rings is 1. The summed E-state index contributed by atoms with van der Waals surface area (Å²) in [5.74, 6) is 0.729. The summed E-state index contributed by atoms with van der Waals surface area (Å²) in [5, 5.41) is 0.941. The first-order valence-electron chi connectivity index (χ1n) is 5.41. The summed E-state index contributed by atoms with van der Waals surface area (Å²) in [5.41, 5.74) is 2.24. The summed E-state index contributed by atoms with van der Waals surface area (Å²) in [6, 6.07) is 9.51. The van der Waals surface area contributed by atoms with E-state index in [-0.39, 0.29) is 5.78 Å². The second-order valence-electron chi connectivity index (χ2n) is 4.02. The van der Waals surface area contributed by atoms with E-state index in [1.165, 1.54) is 6.26 Å². The van der Waals surface area contributed by atoms with Gasteiger partial charge in [-0.25, -0.2) is 0 Å². The second kappa shape index (κ2) is 3.63. The van der Waals surface area contributed by atoms with E-state index in [0.717, 1.165) is 16.7 Å². The highest BCUT2D eigenvalue weighted by Crippen LogP contribution is 2.21. The Morgan fingerprint density at radius 1 is 1.29 bits per heavy atom. The van der Waals surface area contributed by atoms with Crippen molar-refractivity contribution in [1.82, 2.24) is 4.98 Å². The summed E-state index contributed by atoms with van der Waals surface area (Å²) >= 11 is 0. The van der Waals surface area contributed by atoms with Crippen LogP contribution in [0.15, 0.2) is 47.2 Å². The van der Waals surface area contributed by atoms with E-state index in [1.807, 2.05) is 31.2 Å². The molecular weight excluding hydrogens is 214 g/mol. The van der Waals surface area contributed by atoms with Gasteiger partial charge in [-0.3, -0.25) is 4.79 Å². The van der Waals surface area contributed by atoms with Gasteiger partial charge in [0.2, 0.25) is 0 Å². The summed E-state index contributed by atoms with van der Waals surface area (Å²) in [6.45, 7) is 1.83. The van der Waals surface area contributed by atoms with Crippen molar-refractivity contribution in [1.29, 1.82) is 0 Å². The molecule has 84 valence electrons. The van der Waals surface area contributed by atoms with E-state index < -0.39 is 0 Å². The van der Waals surface area contributed by atoms with Crippen LogP contribution in [0.4, 0.5) is 0 Å². The Balaban J connectivity index is 2.13. The molecule has 0 amide bonds. The molecule has 0 bridgehead atoms. The van der Waals surface area contributed by atoms with Gasteiger partial charge in [0.15, 0.2) is 5.78 Å². The molecule has 0 aliphatic heterocycles. The molecule has 1 aromatic carbocycles. The van der Waals surface area contributed by atoms with Crippen molar-refractivity contribution >= 4 is 16.7 Å². The average Bonchev–Trinajstić information content (AvgIpc) is 2.94. The van der Waals surface area contributed by atoms with E-state index in [4.69, 9.17) is 4.42 Å². The fourth-order valence-corrected chi connectivity index (χ4v) is 1.98. The largest absolute Gasteiger partial charge is 0.469 e. The molecule has 0 fully saturated rings. The lowest BCUT2D eigenvalue weighted by molar-refractivity contribution is 0.103. The number of carbonyl (C=O) groups excluding carboxylic acids is 1. The molecule has 0 unspecified atom stereocenters. The quantitative estimate of drug-likeness (QED) is 0.680. The van der Waals surface area contributed by atoms with Crippen molar-refractivity contribution in [2.75, 3.05) is 0 Å². The Kier molecular flexibility index (Phi) is 2.11. The number of rotatable bonds is 2. The van der Waals surface area contributed by atoms with Gasteiger partial charge in [0.1, 0.15) is 12.0 Å². The topological polar surface area (TPSA) is 46.0 Å². The molecule has 0 radical (unpaired) electrons.